The number of rotatable bonds is 8. The van der Waals surface area contributed by atoms with Crippen LogP contribution in [-0.4, -0.2) is 51.3 Å². The summed E-state index contributed by atoms with van der Waals surface area (Å²) in [5.74, 6) is 2.51. The fourth-order valence-corrected chi connectivity index (χ4v) is 2.99. The Labute approximate surface area is 169 Å². The number of ether oxygens (including phenoxy) is 2. The topological polar surface area (TPSA) is 46.1 Å². The van der Waals surface area contributed by atoms with E-state index in [-0.39, 0.29) is 24.0 Å². The van der Waals surface area contributed by atoms with Gasteiger partial charge in [0.1, 0.15) is 5.75 Å². The van der Waals surface area contributed by atoms with Crippen molar-refractivity contribution >= 4 is 29.9 Å². The van der Waals surface area contributed by atoms with E-state index in [1.54, 1.807) is 7.11 Å². The third-order valence-corrected chi connectivity index (χ3v) is 4.32. The van der Waals surface area contributed by atoms with E-state index < -0.39 is 0 Å². The van der Waals surface area contributed by atoms with Crippen molar-refractivity contribution in [2.24, 2.45) is 10.9 Å². The number of hydrogen-bond donors (Lipinski definition) is 1. The Morgan fingerprint density at radius 2 is 2.24 bits per heavy atom. The number of guanidine groups is 1. The molecule has 1 aromatic rings. The molecule has 1 heterocycles. The molecule has 1 aliphatic rings. The predicted octanol–water partition coefficient (Wildman–Crippen LogP) is 3.53. The molecule has 0 aliphatic carbocycles. The van der Waals surface area contributed by atoms with Gasteiger partial charge in [0.15, 0.2) is 5.96 Å². The lowest BCUT2D eigenvalue weighted by molar-refractivity contribution is 0.157. The maximum Gasteiger partial charge on any atom is 0.193 e. The highest BCUT2D eigenvalue weighted by molar-refractivity contribution is 14.0. The van der Waals surface area contributed by atoms with E-state index in [1.807, 2.05) is 19.2 Å². The largest absolute Gasteiger partial charge is 0.494 e. The third-order valence-electron chi connectivity index (χ3n) is 4.32. The molecule has 0 amide bonds. The van der Waals surface area contributed by atoms with Crippen molar-refractivity contribution in [1.82, 2.24) is 10.2 Å². The van der Waals surface area contributed by atoms with Crippen molar-refractivity contribution in [2.45, 2.75) is 32.7 Å². The lowest BCUT2D eigenvalue weighted by atomic mass is 10.1. The number of aliphatic imine (C=N–C) groups is 1. The van der Waals surface area contributed by atoms with E-state index in [0.29, 0.717) is 5.92 Å². The molecule has 5 nitrogen and oxygen atoms in total. The second kappa shape index (κ2) is 12.4. The van der Waals surface area contributed by atoms with Gasteiger partial charge in [0.2, 0.25) is 0 Å². The Kier molecular flexibility index (Phi) is 10.9. The van der Waals surface area contributed by atoms with Gasteiger partial charge in [0, 0.05) is 39.7 Å². The quantitative estimate of drug-likeness (QED) is 0.279. The number of benzene rings is 1. The van der Waals surface area contributed by atoms with Crippen LogP contribution in [0, 0.1) is 5.92 Å². The monoisotopic (exact) mass is 461 g/mol. The van der Waals surface area contributed by atoms with E-state index in [1.165, 1.54) is 5.56 Å². The highest BCUT2D eigenvalue weighted by atomic mass is 127. The van der Waals surface area contributed by atoms with Gasteiger partial charge >= 0.3 is 0 Å². The molecule has 1 atom stereocenters. The maximum atomic E-state index is 5.78. The van der Waals surface area contributed by atoms with E-state index >= 15 is 0 Å². The van der Waals surface area contributed by atoms with Crippen molar-refractivity contribution in [3.63, 3.8) is 0 Å². The van der Waals surface area contributed by atoms with Crippen LogP contribution in [0.4, 0.5) is 0 Å². The minimum absolute atomic E-state index is 0. The first kappa shape index (κ1) is 22.0. The van der Waals surface area contributed by atoms with E-state index in [9.17, 15) is 0 Å². The molecule has 1 saturated heterocycles. The van der Waals surface area contributed by atoms with Crippen LogP contribution in [0.25, 0.3) is 0 Å². The molecule has 0 saturated carbocycles. The molecule has 0 spiro atoms. The fourth-order valence-electron chi connectivity index (χ4n) is 2.99. The van der Waals surface area contributed by atoms with Crippen molar-refractivity contribution < 1.29 is 9.47 Å². The molecular weight excluding hydrogens is 429 g/mol. The lowest BCUT2D eigenvalue weighted by Crippen LogP contribution is -2.39. The first-order chi connectivity index (χ1) is 11.8. The van der Waals surface area contributed by atoms with Crippen molar-refractivity contribution in [3.8, 4) is 5.75 Å². The zero-order valence-corrected chi connectivity index (χ0v) is 18.0. The second-order valence-corrected chi connectivity index (χ2v) is 6.31. The van der Waals surface area contributed by atoms with Gasteiger partial charge in [0.25, 0.3) is 0 Å². The van der Waals surface area contributed by atoms with Gasteiger partial charge in [-0.1, -0.05) is 25.5 Å². The summed E-state index contributed by atoms with van der Waals surface area (Å²) in [4.78, 5) is 6.73. The summed E-state index contributed by atoms with van der Waals surface area (Å²) < 4.78 is 11.0. The number of nitrogens with one attached hydrogen (secondary N) is 1. The summed E-state index contributed by atoms with van der Waals surface area (Å²) >= 11 is 0. The van der Waals surface area contributed by atoms with Crippen LogP contribution >= 0.6 is 24.0 Å². The second-order valence-electron chi connectivity index (χ2n) is 6.31. The first-order valence-corrected chi connectivity index (χ1v) is 8.93. The van der Waals surface area contributed by atoms with Crippen LogP contribution in [-0.2, 0) is 11.3 Å². The minimum Gasteiger partial charge on any atom is -0.494 e. The molecule has 25 heavy (non-hydrogen) atoms. The number of unbranched alkanes of at least 4 members (excludes halogenated alkanes) is 1. The molecule has 0 bridgehead atoms. The Morgan fingerprint density at radius 3 is 2.96 bits per heavy atom. The SMILES string of the molecule is CCCCOc1cccc(CNC(=NC)N2CCC(COC)C2)c1.I. The van der Waals surface area contributed by atoms with E-state index in [4.69, 9.17) is 9.47 Å². The molecule has 2 rings (SSSR count). The maximum absolute atomic E-state index is 5.78. The summed E-state index contributed by atoms with van der Waals surface area (Å²) in [7, 11) is 3.61. The van der Waals surface area contributed by atoms with Gasteiger partial charge in [-0.15, -0.1) is 24.0 Å². The van der Waals surface area contributed by atoms with Gasteiger partial charge in [0.05, 0.1) is 13.2 Å². The summed E-state index contributed by atoms with van der Waals surface area (Å²) in [6.07, 6.45) is 3.40. The number of likely N-dealkylation sites (tertiary alicyclic amines) is 1. The number of halogens is 1. The van der Waals surface area contributed by atoms with Crippen molar-refractivity contribution in [3.05, 3.63) is 29.8 Å². The molecule has 1 N–H and O–H groups in total. The molecule has 0 aromatic heterocycles. The number of methoxy groups -OCH3 is 1. The Morgan fingerprint density at radius 1 is 1.40 bits per heavy atom. The molecule has 1 fully saturated rings. The van der Waals surface area contributed by atoms with Gasteiger partial charge in [-0.05, 0) is 30.5 Å². The zero-order chi connectivity index (χ0) is 17.2. The third kappa shape index (κ3) is 7.40. The Hall–Kier alpha value is -1.02. The van der Waals surface area contributed by atoms with Crippen LogP contribution in [0.2, 0.25) is 0 Å². The smallest absolute Gasteiger partial charge is 0.193 e. The lowest BCUT2D eigenvalue weighted by Gasteiger charge is -2.21. The molecule has 142 valence electrons. The number of nitrogens with zero attached hydrogens (tertiary/aromatic N) is 2. The standard InChI is InChI=1S/C19H31N3O2.HI/c1-4-5-11-24-18-8-6-7-16(12-18)13-21-19(20-2)22-10-9-17(14-22)15-23-3;/h6-8,12,17H,4-5,9-11,13-15H2,1-3H3,(H,20,21);1H. The molecule has 6 heteroatoms. The highest BCUT2D eigenvalue weighted by Gasteiger charge is 2.24. The molecule has 1 aromatic carbocycles. The van der Waals surface area contributed by atoms with Crippen molar-refractivity contribution in [2.75, 3.05) is 40.5 Å². The van der Waals surface area contributed by atoms with Gasteiger partial charge < -0.3 is 19.7 Å². The van der Waals surface area contributed by atoms with Crippen LogP contribution < -0.4 is 10.1 Å². The molecule has 0 radical (unpaired) electrons. The average Bonchev–Trinajstić information content (AvgIpc) is 3.05. The van der Waals surface area contributed by atoms with Gasteiger partial charge in [-0.25, -0.2) is 0 Å². The minimum atomic E-state index is 0. The zero-order valence-electron chi connectivity index (χ0n) is 15.7. The number of hydrogen-bond acceptors (Lipinski definition) is 3. The van der Waals surface area contributed by atoms with E-state index in [0.717, 1.165) is 63.8 Å². The normalized spacial score (nSPS) is 17.3. The molecular formula is C19H32IN3O2. The van der Waals surface area contributed by atoms with Gasteiger partial charge in [-0.3, -0.25) is 4.99 Å². The Balaban J connectivity index is 0.00000312. The summed E-state index contributed by atoms with van der Waals surface area (Å²) in [5.41, 5.74) is 1.21. The fraction of sp³-hybridized carbons (Fsp3) is 0.632. The highest BCUT2D eigenvalue weighted by Crippen LogP contribution is 2.17. The summed E-state index contributed by atoms with van der Waals surface area (Å²) in [6, 6.07) is 8.29. The van der Waals surface area contributed by atoms with E-state index in [2.05, 4.69) is 34.3 Å². The molecule has 1 aliphatic heterocycles. The average molecular weight is 461 g/mol. The van der Waals surface area contributed by atoms with Crippen LogP contribution in [0.15, 0.2) is 29.3 Å². The first-order valence-electron chi connectivity index (χ1n) is 8.93. The molecule has 1 unspecified atom stereocenters. The van der Waals surface area contributed by atoms with Gasteiger partial charge in [-0.2, -0.15) is 0 Å². The van der Waals surface area contributed by atoms with Crippen LogP contribution in [0.5, 0.6) is 5.75 Å². The summed E-state index contributed by atoms with van der Waals surface area (Å²) in [5, 5.41) is 3.46. The predicted molar refractivity (Wildman–Crippen MR) is 114 cm³/mol. The van der Waals surface area contributed by atoms with Crippen molar-refractivity contribution in [1.29, 1.82) is 0 Å². The Bertz CT molecular complexity index is 525. The van der Waals surface area contributed by atoms with Crippen LogP contribution in [0.1, 0.15) is 31.7 Å². The summed E-state index contributed by atoms with van der Waals surface area (Å²) in [6.45, 7) is 6.57. The van der Waals surface area contributed by atoms with Crippen LogP contribution in [0.3, 0.4) is 0 Å².